The van der Waals surface area contributed by atoms with Crippen LogP contribution in [0.2, 0.25) is 30.7 Å². The summed E-state index contributed by atoms with van der Waals surface area (Å²) in [6, 6.07) is 5.19. The number of likely N-dealkylation sites (N-methyl/N-ethyl adjacent to an activating group) is 1. The summed E-state index contributed by atoms with van der Waals surface area (Å²) in [5, 5.41) is 0. The Morgan fingerprint density at radius 1 is 0.750 bits per heavy atom. The predicted octanol–water partition coefficient (Wildman–Crippen LogP) is 4.39. The van der Waals surface area contributed by atoms with Gasteiger partial charge < -0.3 is 18.3 Å². The lowest BCUT2D eigenvalue weighted by atomic mass is 10.4. The van der Waals surface area contributed by atoms with Crippen LogP contribution in [0.1, 0.15) is 41.0 Å². The molecule has 0 aromatic heterocycles. The minimum atomic E-state index is -1.97. The van der Waals surface area contributed by atoms with E-state index in [2.05, 4.69) is 64.7 Å². The van der Waals surface area contributed by atoms with E-state index in [9.17, 15) is 0 Å². The SMILES string of the molecule is CCO[Si](C)(CCCN(CCN(C)C)[Si](CC)(CC)CC)OCC. The highest BCUT2D eigenvalue weighted by atomic mass is 28.4. The van der Waals surface area contributed by atoms with Crippen molar-refractivity contribution in [3.05, 3.63) is 0 Å². The van der Waals surface area contributed by atoms with E-state index < -0.39 is 16.8 Å². The van der Waals surface area contributed by atoms with Crippen LogP contribution in [0.25, 0.3) is 0 Å². The number of hydrogen-bond acceptors (Lipinski definition) is 4. The van der Waals surface area contributed by atoms with Gasteiger partial charge in [0.25, 0.3) is 0 Å². The minimum Gasteiger partial charge on any atom is -0.395 e. The molecule has 0 aliphatic carbocycles. The van der Waals surface area contributed by atoms with Crippen molar-refractivity contribution in [2.24, 2.45) is 0 Å². The van der Waals surface area contributed by atoms with Crippen LogP contribution in [-0.2, 0) is 8.85 Å². The lowest BCUT2D eigenvalue weighted by Gasteiger charge is -2.42. The van der Waals surface area contributed by atoms with Crippen molar-refractivity contribution < 1.29 is 8.85 Å². The van der Waals surface area contributed by atoms with Crippen LogP contribution in [0.3, 0.4) is 0 Å². The Hall–Kier alpha value is 0.274. The third-order valence-electron chi connectivity index (χ3n) is 5.42. The molecule has 146 valence electrons. The average Bonchev–Trinajstić information content (AvgIpc) is 2.54. The smallest absolute Gasteiger partial charge is 0.334 e. The fourth-order valence-corrected chi connectivity index (χ4v) is 10.2. The molecule has 0 radical (unpaired) electrons. The maximum Gasteiger partial charge on any atom is 0.334 e. The standard InChI is InChI=1S/C18H44N2O2Si2/c1-9-21-23(8,22-10-2)18-14-15-20(17-16-19(6)7)24(11-3,12-4)13-5/h9-18H2,1-8H3. The van der Waals surface area contributed by atoms with Crippen LogP contribution >= 0.6 is 0 Å². The van der Waals surface area contributed by atoms with E-state index in [4.69, 9.17) is 8.85 Å². The molecule has 0 saturated carbocycles. The largest absolute Gasteiger partial charge is 0.395 e. The first-order chi connectivity index (χ1) is 11.3. The molecule has 0 aromatic carbocycles. The normalized spacial score (nSPS) is 13.2. The van der Waals surface area contributed by atoms with Crippen LogP contribution in [0.4, 0.5) is 0 Å². The van der Waals surface area contributed by atoms with Crippen molar-refractivity contribution in [3.63, 3.8) is 0 Å². The van der Waals surface area contributed by atoms with Crippen molar-refractivity contribution in [2.75, 3.05) is 46.9 Å². The zero-order valence-electron chi connectivity index (χ0n) is 17.8. The van der Waals surface area contributed by atoms with Crippen LogP contribution in [0, 0.1) is 0 Å². The molecule has 0 spiro atoms. The van der Waals surface area contributed by atoms with Crippen LogP contribution in [-0.4, -0.2) is 73.2 Å². The van der Waals surface area contributed by atoms with E-state index in [-0.39, 0.29) is 0 Å². The van der Waals surface area contributed by atoms with Gasteiger partial charge in [0.05, 0.1) is 0 Å². The minimum absolute atomic E-state index is 0.768. The molecule has 4 nitrogen and oxygen atoms in total. The van der Waals surface area contributed by atoms with Crippen molar-refractivity contribution in [2.45, 2.75) is 71.8 Å². The maximum atomic E-state index is 6.02. The molecule has 0 amide bonds. The van der Waals surface area contributed by atoms with E-state index in [0.717, 1.165) is 25.8 Å². The van der Waals surface area contributed by atoms with Crippen molar-refractivity contribution >= 4 is 16.8 Å². The molecule has 0 heterocycles. The number of nitrogens with zero attached hydrogens (tertiary/aromatic N) is 2. The van der Waals surface area contributed by atoms with Crippen LogP contribution in [0.5, 0.6) is 0 Å². The van der Waals surface area contributed by atoms with Crippen LogP contribution < -0.4 is 0 Å². The summed E-state index contributed by atoms with van der Waals surface area (Å²) in [6.45, 7) is 18.7. The second-order valence-electron chi connectivity index (χ2n) is 7.18. The summed E-state index contributed by atoms with van der Waals surface area (Å²) >= 11 is 0. The monoisotopic (exact) mass is 376 g/mol. The first-order valence-electron chi connectivity index (χ1n) is 10.0. The van der Waals surface area contributed by atoms with Crippen molar-refractivity contribution in [1.29, 1.82) is 0 Å². The Bertz CT molecular complexity index is 299. The molecule has 24 heavy (non-hydrogen) atoms. The predicted molar refractivity (Wildman–Crippen MR) is 112 cm³/mol. The summed E-state index contributed by atoms with van der Waals surface area (Å²) in [6.07, 6.45) is 1.20. The van der Waals surface area contributed by atoms with Crippen molar-refractivity contribution in [1.82, 2.24) is 9.47 Å². The number of hydrogen-bond donors (Lipinski definition) is 0. The molecule has 0 unspecified atom stereocenters. The van der Waals surface area contributed by atoms with Gasteiger partial charge in [0.2, 0.25) is 0 Å². The lowest BCUT2D eigenvalue weighted by Crippen LogP contribution is -2.54. The van der Waals surface area contributed by atoms with Gasteiger partial charge in [-0.1, -0.05) is 20.8 Å². The first kappa shape index (κ1) is 24.3. The molecular weight excluding hydrogens is 332 g/mol. The number of rotatable bonds is 15. The van der Waals surface area contributed by atoms with E-state index in [1.165, 1.54) is 37.6 Å². The highest BCUT2D eigenvalue weighted by Gasteiger charge is 2.35. The summed E-state index contributed by atoms with van der Waals surface area (Å²) in [5.41, 5.74) is 0. The Morgan fingerprint density at radius 3 is 1.62 bits per heavy atom. The van der Waals surface area contributed by atoms with Gasteiger partial charge in [-0.25, -0.2) is 0 Å². The topological polar surface area (TPSA) is 24.9 Å². The first-order valence-corrected chi connectivity index (χ1v) is 15.1. The summed E-state index contributed by atoms with van der Waals surface area (Å²) in [4.78, 5) is 2.31. The molecule has 0 saturated heterocycles. The highest BCUT2D eigenvalue weighted by molar-refractivity contribution is 6.77. The molecule has 0 atom stereocenters. The summed E-state index contributed by atoms with van der Waals surface area (Å²) in [7, 11) is 1.08. The second-order valence-corrected chi connectivity index (χ2v) is 15.7. The molecule has 0 bridgehead atoms. The highest BCUT2D eigenvalue weighted by Crippen LogP contribution is 2.26. The van der Waals surface area contributed by atoms with Gasteiger partial charge in [0, 0.05) is 26.3 Å². The van der Waals surface area contributed by atoms with E-state index in [1.807, 2.05) is 0 Å². The molecular formula is C18H44N2O2Si2. The van der Waals surface area contributed by atoms with Gasteiger partial charge in [0.15, 0.2) is 0 Å². The quantitative estimate of drug-likeness (QED) is 0.396. The second kappa shape index (κ2) is 12.6. The van der Waals surface area contributed by atoms with E-state index in [0.29, 0.717) is 0 Å². The Morgan fingerprint density at radius 2 is 1.25 bits per heavy atom. The molecule has 6 heteroatoms. The Kier molecular flexibility index (Phi) is 12.7. The zero-order valence-corrected chi connectivity index (χ0v) is 19.8. The van der Waals surface area contributed by atoms with E-state index in [1.54, 1.807) is 0 Å². The van der Waals surface area contributed by atoms with Crippen LogP contribution in [0.15, 0.2) is 0 Å². The molecule has 0 aliphatic heterocycles. The molecule has 0 rings (SSSR count). The molecule has 0 fully saturated rings. The Balaban J connectivity index is 4.87. The van der Waals surface area contributed by atoms with E-state index >= 15 is 0 Å². The third kappa shape index (κ3) is 8.10. The summed E-state index contributed by atoms with van der Waals surface area (Å²) in [5.74, 6) is 0. The van der Waals surface area contributed by atoms with Gasteiger partial charge in [-0.2, -0.15) is 0 Å². The van der Waals surface area contributed by atoms with Crippen molar-refractivity contribution in [3.8, 4) is 0 Å². The van der Waals surface area contributed by atoms with Gasteiger partial charge >= 0.3 is 8.56 Å². The fraction of sp³-hybridized carbons (Fsp3) is 1.00. The molecule has 0 N–H and O–H groups in total. The van der Waals surface area contributed by atoms with Gasteiger partial charge in [-0.15, -0.1) is 0 Å². The lowest BCUT2D eigenvalue weighted by molar-refractivity contribution is 0.187. The average molecular weight is 377 g/mol. The Labute approximate surface area is 154 Å². The fourth-order valence-electron chi connectivity index (χ4n) is 3.72. The molecule has 0 aromatic rings. The van der Waals surface area contributed by atoms with Gasteiger partial charge in [-0.3, -0.25) is 0 Å². The molecule has 0 aliphatic rings. The van der Waals surface area contributed by atoms with Gasteiger partial charge in [-0.05, 0) is 71.6 Å². The summed E-state index contributed by atoms with van der Waals surface area (Å²) < 4.78 is 14.9. The van der Waals surface area contributed by atoms with Gasteiger partial charge in [0.1, 0.15) is 8.24 Å². The zero-order chi connectivity index (χ0) is 18.6. The third-order valence-corrected chi connectivity index (χ3v) is 14.2. The maximum absolute atomic E-state index is 6.02.